The highest BCUT2D eigenvalue weighted by Gasteiger charge is 2.17. The maximum atomic E-state index is 11.9. The molecule has 0 saturated heterocycles. The predicted octanol–water partition coefficient (Wildman–Crippen LogP) is 1.49. The van der Waals surface area contributed by atoms with Crippen LogP contribution in [0.25, 0.3) is 4.96 Å². The van der Waals surface area contributed by atoms with Crippen molar-refractivity contribution in [1.29, 1.82) is 0 Å². The summed E-state index contributed by atoms with van der Waals surface area (Å²) >= 11 is 1.42. The van der Waals surface area contributed by atoms with E-state index < -0.39 is 0 Å². The van der Waals surface area contributed by atoms with Crippen LogP contribution >= 0.6 is 11.3 Å². The van der Waals surface area contributed by atoms with E-state index in [0.29, 0.717) is 18.2 Å². The highest BCUT2D eigenvalue weighted by atomic mass is 32.1. The SMILES string of the molecule is Cc1nc2scnn2c1C(=O)NCC(C)C. The van der Waals surface area contributed by atoms with Gasteiger partial charge in [0.2, 0.25) is 4.96 Å². The van der Waals surface area contributed by atoms with E-state index in [1.807, 2.05) is 6.92 Å². The summed E-state index contributed by atoms with van der Waals surface area (Å²) < 4.78 is 1.59. The standard InChI is InChI=1S/C10H14N4OS/c1-6(2)4-11-9(15)8-7(3)13-10-14(8)12-5-16-10/h5-6H,4H2,1-3H3,(H,11,15). The average molecular weight is 238 g/mol. The molecule has 0 aliphatic carbocycles. The summed E-state index contributed by atoms with van der Waals surface area (Å²) in [7, 11) is 0. The molecule has 0 atom stereocenters. The Hall–Kier alpha value is -1.43. The monoisotopic (exact) mass is 238 g/mol. The topological polar surface area (TPSA) is 59.3 Å². The number of amides is 1. The second kappa shape index (κ2) is 4.21. The average Bonchev–Trinajstić information content (AvgIpc) is 2.73. The molecular weight excluding hydrogens is 224 g/mol. The van der Waals surface area contributed by atoms with Crippen molar-refractivity contribution in [2.45, 2.75) is 20.8 Å². The fourth-order valence-corrected chi connectivity index (χ4v) is 2.10. The Morgan fingerprint density at radius 3 is 3.06 bits per heavy atom. The number of fused-ring (bicyclic) bond motifs is 1. The van der Waals surface area contributed by atoms with E-state index in [1.165, 1.54) is 11.3 Å². The van der Waals surface area contributed by atoms with Gasteiger partial charge in [0.15, 0.2) is 5.69 Å². The Bertz CT molecular complexity index is 514. The first-order valence-electron chi connectivity index (χ1n) is 5.16. The van der Waals surface area contributed by atoms with Crippen LogP contribution in [0.4, 0.5) is 0 Å². The van der Waals surface area contributed by atoms with Crippen LogP contribution < -0.4 is 5.32 Å². The first-order valence-corrected chi connectivity index (χ1v) is 6.04. The molecule has 2 aromatic rings. The van der Waals surface area contributed by atoms with E-state index in [0.717, 1.165) is 10.7 Å². The number of imidazole rings is 1. The molecule has 0 aliphatic rings. The minimum absolute atomic E-state index is 0.107. The zero-order chi connectivity index (χ0) is 11.7. The molecule has 0 fully saturated rings. The van der Waals surface area contributed by atoms with Gasteiger partial charge in [0.25, 0.3) is 5.91 Å². The molecule has 2 rings (SSSR count). The summed E-state index contributed by atoms with van der Waals surface area (Å²) in [6.07, 6.45) is 0. The van der Waals surface area contributed by atoms with E-state index in [1.54, 1.807) is 10.0 Å². The molecule has 16 heavy (non-hydrogen) atoms. The van der Waals surface area contributed by atoms with Gasteiger partial charge in [0, 0.05) is 6.54 Å². The molecule has 5 nitrogen and oxygen atoms in total. The quantitative estimate of drug-likeness (QED) is 0.881. The van der Waals surface area contributed by atoms with Gasteiger partial charge in [-0.05, 0) is 12.8 Å². The van der Waals surface area contributed by atoms with Gasteiger partial charge in [-0.15, -0.1) is 0 Å². The first-order chi connectivity index (χ1) is 7.59. The summed E-state index contributed by atoms with van der Waals surface area (Å²) in [6.45, 7) is 6.60. The third-order valence-electron chi connectivity index (χ3n) is 2.21. The fraction of sp³-hybridized carbons (Fsp3) is 0.500. The number of hydrogen-bond donors (Lipinski definition) is 1. The maximum Gasteiger partial charge on any atom is 0.271 e. The lowest BCUT2D eigenvalue weighted by Gasteiger charge is -2.06. The van der Waals surface area contributed by atoms with Gasteiger partial charge in [-0.2, -0.15) is 9.61 Å². The third kappa shape index (κ3) is 1.92. The van der Waals surface area contributed by atoms with Gasteiger partial charge in [0.05, 0.1) is 5.69 Å². The van der Waals surface area contributed by atoms with Crippen LogP contribution in [0.15, 0.2) is 5.51 Å². The minimum atomic E-state index is -0.107. The molecule has 2 aromatic heterocycles. The lowest BCUT2D eigenvalue weighted by molar-refractivity contribution is 0.0941. The number of rotatable bonds is 3. The fourth-order valence-electron chi connectivity index (χ4n) is 1.43. The zero-order valence-corrected chi connectivity index (χ0v) is 10.3. The summed E-state index contributed by atoms with van der Waals surface area (Å²) in [5.74, 6) is 0.327. The van der Waals surface area contributed by atoms with Crippen molar-refractivity contribution in [3.05, 3.63) is 16.9 Å². The number of nitrogens with one attached hydrogen (secondary N) is 1. The molecule has 2 heterocycles. The number of aromatic nitrogens is 3. The Kier molecular flexibility index (Phi) is 2.91. The van der Waals surface area contributed by atoms with Crippen molar-refractivity contribution in [3.8, 4) is 0 Å². The molecule has 1 N–H and O–H groups in total. The van der Waals surface area contributed by atoms with Crippen LogP contribution in [0.5, 0.6) is 0 Å². The van der Waals surface area contributed by atoms with E-state index >= 15 is 0 Å². The molecule has 6 heteroatoms. The second-order valence-electron chi connectivity index (χ2n) is 4.08. The maximum absolute atomic E-state index is 11.9. The normalized spacial score (nSPS) is 11.2. The molecule has 1 amide bonds. The third-order valence-corrected chi connectivity index (χ3v) is 2.88. The van der Waals surface area contributed by atoms with Gasteiger partial charge >= 0.3 is 0 Å². The largest absolute Gasteiger partial charge is 0.350 e. The number of carbonyl (C=O) groups excluding carboxylic acids is 1. The number of hydrogen-bond acceptors (Lipinski definition) is 4. The van der Waals surface area contributed by atoms with E-state index in [2.05, 4.69) is 29.2 Å². The van der Waals surface area contributed by atoms with Crippen LogP contribution in [0.2, 0.25) is 0 Å². The van der Waals surface area contributed by atoms with E-state index in [4.69, 9.17) is 0 Å². The number of nitrogens with zero attached hydrogens (tertiary/aromatic N) is 3. The molecule has 0 saturated carbocycles. The van der Waals surface area contributed by atoms with Gasteiger partial charge < -0.3 is 5.32 Å². The summed E-state index contributed by atoms with van der Waals surface area (Å²) in [5.41, 5.74) is 2.94. The van der Waals surface area contributed by atoms with Gasteiger partial charge in [-0.1, -0.05) is 25.2 Å². The molecule has 0 radical (unpaired) electrons. The van der Waals surface area contributed by atoms with Gasteiger partial charge in [0.1, 0.15) is 5.51 Å². The van der Waals surface area contributed by atoms with Crippen molar-refractivity contribution >= 4 is 22.2 Å². The Morgan fingerprint density at radius 2 is 2.38 bits per heavy atom. The summed E-state index contributed by atoms with van der Waals surface area (Å²) in [6, 6.07) is 0. The van der Waals surface area contributed by atoms with Crippen LogP contribution in [-0.2, 0) is 0 Å². The number of carbonyl (C=O) groups is 1. The second-order valence-corrected chi connectivity index (χ2v) is 4.89. The van der Waals surface area contributed by atoms with Crippen molar-refractivity contribution in [3.63, 3.8) is 0 Å². The molecule has 0 bridgehead atoms. The summed E-state index contributed by atoms with van der Waals surface area (Å²) in [4.78, 5) is 17.0. The molecule has 0 spiro atoms. The Balaban J connectivity index is 2.27. The van der Waals surface area contributed by atoms with Crippen LogP contribution in [0.1, 0.15) is 30.0 Å². The highest BCUT2D eigenvalue weighted by molar-refractivity contribution is 7.14. The molecular formula is C10H14N4OS. The van der Waals surface area contributed by atoms with Crippen molar-refractivity contribution < 1.29 is 4.79 Å². The van der Waals surface area contributed by atoms with Gasteiger partial charge in [-0.3, -0.25) is 4.79 Å². The predicted molar refractivity (Wildman–Crippen MR) is 62.8 cm³/mol. The highest BCUT2D eigenvalue weighted by Crippen LogP contribution is 2.14. The molecule has 0 unspecified atom stereocenters. The smallest absolute Gasteiger partial charge is 0.271 e. The van der Waals surface area contributed by atoms with E-state index in [-0.39, 0.29) is 5.91 Å². The molecule has 0 aromatic carbocycles. The molecule has 86 valence electrons. The lowest BCUT2D eigenvalue weighted by atomic mass is 10.2. The zero-order valence-electron chi connectivity index (χ0n) is 9.52. The van der Waals surface area contributed by atoms with Crippen LogP contribution in [-0.4, -0.2) is 27.0 Å². The Morgan fingerprint density at radius 1 is 1.62 bits per heavy atom. The van der Waals surface area contributed by atoms with Crippen LogP contribution in [0, 0.1) is 12.8 Å². The van der Waals surface area contributed by atoms with E-state index in [9.17, 15) is 4.79 Å². The lowest BCUT2D eigenvalue weighted by Crippen LogP contribution is -2.29. The summed E-state index contributed by atoms with van der Waals surface area (Å²) in [5, 5.41) is 6.97. The van der Waals surface area contributed by atoms with Crippen molar-refractivity contribution in [1.82, 2.24) is 19.9 Å². The van der Waals surface area contributed by atoms with Crippen LogP contribution in [0.3, 0.4) is 0 Å². The van der Waals surface area contributed by atoms with Crippen molar-refractivity contribution in [2.24, 2.45) is 5.92 Å². The first kappa shape index (κ1) is 11.1. The Labute approximate surface area is 97.5 Å². The van der Waals surface area contributed by atoms with Gasteiger partial charge in [-0.25, -0.2) is 4.98 Å². The number of aryl methyl sites for hydroxylation is 1. The minimum Gasteiger partial charge on any atom is -0.350 e. The molecule has 0 aliphatic heterocycles. The van der Waals surface area contributed by atoms with Crippen molar-refractivity contribution in [2.75, 3.05) is 6.54 Å².